The Bertz CT molecular complexity index is 500. The number of methoxy groups -OCH3 is 2. The SMILES string of the molecule is CCC(=O)N(CCOc1ccc(OC)cc1)CC(C)C(=O)OC. The fourth-order valence-corrected chi connectivity index (χ4v) is 2.09. The summed E-state index contributed by atoms with van der Waals surface area (Å²) in [5.41, 5.74) is 0. The van der Waals surface area contributed by atoms with Gasteiger partial charge < -0.3 is 19.1 Å². The van der Waals surface area contributed by atoms with Gasteiger partial charge in [-0.3, -0.25) is 9.59 Å². The number of nitrogens with zero attached hydrogens (tertiary/aromatic N) is 1. The van der Waals surface area contributed by atoms with Crippen LogP contribution < -0.4 is 9.47 Å². The number of carbonyl (C=O) groups is 2. The Morgan fingerprint density at radius 2 is 1.74 bits per heavy atom. The minimum absolute atomic E-state index is 0.0147. The summed E-state index contributed by atoms with van der Waals surface area (Å²) in [6.45, 7) is 4.63. The van der Waals surface area contributed by atoms with Crippen molar-refractivity contribution in [2.24, 2.45) is 5.92 Å². The van der Waals surface area contributed by atoms with Crippen molar-refractivity contribution in [2.45, 2.75) is 20.3 Å². The van der Waals surface area contributed by atoms with E-state index in [0.29, 0.717) is 31.9 Å². The minimum atomic E-state index is -0.364. The van der Waals surface area contributed by atoms with Crippen LogP contribution >= 0.6 is 0 Å². The van der Waals surface area contributed by atoms with E-state index in [0.717, 1.165) is 5.75 Å². The van der Waals surface area contributed by atoms with Gasteiger partial charge in [-0.1, -0.05) is 13.8 Å². The summed E-state index contributed by atoms with van der Waals surface area (Å²) in [4.78, 5) is 25.1. The average Bonchev–Trinajstić information content (AvgIpc) is 2.59. The monoisotopic (exact) mass is 323 g/mol. The largest absolute Gasteiger partial charge is 0.497 e. The van der Waals surface area contributed by atoms with Crippen LogP contribution in [0.2, 0.25) is 0 Å². The molecule has 1 amide bonds. The first-order chi connectivity index (χ1) is 11.0. The van der Waals surface area contributed by atoms with Gasteiger partial charge in [0.2, 0.25) is 5.91 Å². The van der Waals surface area contributed by atoms with Crippen LogP contribution in [-0.2, 0) is 14.3 Å². The molecule has 6 nitrogen and oxygen atoms in total. The van der Waals surface area contributed by atoms with Crippen LogP contribution in [0.3, 0.4) is 0 Å². The summed E-state index contributed by atoms with van der Waals surface area (Å²) in [5, 5.41) is 0. The van der Waals surface area contributed by atoms with Gasteiger partial charge in [-0.2, -0.15) is 0 Å². The normalized spacial score (nSPS) is 11.5. The fraction of sp³-hybridized carbons (Fsp3) is 0.529. The lowest BCUT2D eigenvalue weighted by Crippen LogP contribution is -2.39. The smallest absolute Gasteiger partial charge is 0.310 e. The standard InChI is InChI=1S/C17H25NO5/c1-5-16(19)18(12-13(2)17(20)22-4)10-11-23-15-8-6-14(21-3)7-9-15/h6-9,13H,5,10-12H2,1-4H3. The van der Waals surface area contributed by atoms with Gasteiger partial charge in [-0.25, -0.2) is 0 Å². The highest BCUT2D eigenvalue weighted by molar-refractivity contribution is 5.77. The maximum Gasteiger partial charge on any atom is 0.310 e. The highest BCUT2D eigenvalue weighted by atomic mass is 16.5. The first kappa shape index (κ1) is 18.8. The van der Waals surface area contributed by atoms with Crippen LogP contribution in [0.5, 0.6) is 11.5 Å². The molecule has 0 aliphatic heterocycles. The molecule has 0 spiro atoms. The van der Waals surface area contributed by atoms with Crippen molar-refractivity contribution in [3.8, 4) is 11.5 Å². The second kappa shape index (κ2) is 9.71. The zero-order chi connectivity index (χ0) is 17.2. The van der Waals surface area contributed by atoms with Crippen molar-refractivity contribution < 1.29 is 23.8 Å². The van der Waals surface area contributed by atoms with Crippen molar-refractivity contribution in [1.29, 1.82) is 0 Å². The van der Waals surface area contributed by atoms with Crippen molar-refractivity contribution in [3.63, 3.8) is 0 Å². The Morgan fingerprint density at radius 3 is 2.26 bits per heavy atom. The van der Waals surface area contributed by atoms with Crippen LogP contribution in [-0.4, -0.2) is 50.7 Å². The molecule has 1 atom stereocenters. The second-order valence-corrected chi connectivity index (χ2v) is 5.14. The number of ether oxygens (including phenoxy) is 3. The molecular weight excluding hydrogens is 298 g/mol. The lowest BCUT2D eigenvalue weighted by molar-refractivity contribution is -0.146. The highest BCUT2D eigenvalue weighted by Gasteiger charge is 2.20. The fourth-order valence-electron chi connectivity index (χ4n) is 2.09. The van der Waals surface area contributed by atoms with E-state index in [-0.39, 0.29) is 17.8 Å². The van der Waals surface area contributed by atoms with E-state index in [1.165, 1.54) is 7.11 Å². The van der Waals surface area contributed by atoms with Gasteiger partial charge in [0.25, 0.3) is 0 Å². The molecule has 1 aromatic rings. The third-order valence-corrected chi connectivity index (χ3v) is 3.44. The Morgan fingerprint density at radius 1 is 1.13 bits per heavy atom. The first-order valence-electron chi connectivity index (χ1n) is 7.64. The van der Waals surface area contributed by atoms with Crippen LogP contribution in [0.1, 0.15) is 20.3 Å². The number of esters is 1. The highest BCUT2D eigenvalue weighted by Crippen LogP contribution is 2.17. The molecule has 0 saturated carbocycles. The van der Waals surface area contributed by atoms with Crippen molar-refractivity contribution in [2.75, 3.05) is 33.9 Å². The molecular formula is C17H25NO5. The summed E-state index contributed by atoms with van der Waals surface area (Å²) in [6.07, 6.45) is 0.385. The minimum Gasteiger partial charge on any atom is -0.497 e. The van der Waals surface area contributed by atoms with Crippen LogP contribution in [0.25, 0.3) is 0 Å². The Labute approximate surface area is 137 Å². The van der Waals surface area contributed by atoms with Gasteiger partial charge in [-0.05, 0) is 24.3 Å². The van der Waals surface area contributed by atoms with E-state index < -0.39 is 0 Å². The lowest BCUT2D eigenvalue weighted by Gasteiger charge is -2.24. The molecule has 0 bridgehead atoms. The molecule has 0 aliphatic rings. The van der Waals surface area contributed by atoms with Crippen molar-refractivity contribution in [1.82, 2.24) is 4.90 Å². The predicted molar refractivity (Wildman–Crippen MR) is 86.5 cm³/mol. The second-order valence-electron chi connectivity index (χ2n) is 5.14. The number of benzene rings is 1. The van der Waals surface area contributed by atoms with Crippen molar-refractivity contribution >= 4 is 11.9 Å². The van der Waals surface area contributed by atoms with E-state index >= 15 is 0 Å². The molecule has 23 heavy (non-hydrogen) atoms. The molecule has 1 aromatic carbocycles. The summed E-state index contributed by atoms with van der Waals surface area (Å²) in [5.74, 6) is 0.758. The van der Waals surface area contributed by atoms with Crippen LogP contribution in [0.4, 0.5) is 0 Å². The first-order valence-corrected chi connectivity index (χ1v) is 7.64. The van der Waals surface area contributed by atoms with E-state index in [9.17, 15) is 9.59 Å². The number of amides is 1. The van der Waals surface area contributed by atoms with Crippen molar-refractivity contribution in [3.05, 3.63) is 24.3 Å². The summed E-state index contributed by atoms with van der Waals surface area (Å²) in [7, 11) is 2.95. The zero-order valence-electron chi connectivity index (χ0n) is 14.2. The summed E-state index contributed by atoms with van der Waals surface area (Å²) in [6, 6.07) is 7.23. The molecule has 0 aromatic heterocycles. The molecule has 0 heterocycles. The summed E-state index contributed by atoms with van der Waals surface area (Å²) < 4.78 is 15.4. The Balaban J connectivity index is 2.53. The van der Waals surface area contributed by atoms with Crippen LogP contribution in [0.15, 0.2) is 24.3 Å². The number of hydrogen-bond acceptors (Lipinski definition) is 5. The number of rotatable bonds is 9. The average molecular weight is 323 g/mol. The number of carbonyl (C=O) groups excluding carboxylic acids is 2. The van der Waals surface area contributed by atoms with E-state index in [1.807, 2.05) is 24.3 Å². The molecule has 1 unspecified atom stereocenters. The maximum atomic E-state index is 12.0. The van der Waals surface area contributed by atoms with Gasteiger partial charge in [0, 0.05) is 13.0 Å². The molecule has 128 valence electrons. The molecule has 1 rings (SSSR count). The zero-order valence-corrected chi connectivity index (χ0v) is 14.2. The number of hydrogen-bond donors (Lipinski definition) is 0. The van der Waals surface area contributed by atoms with Gasteiger partial charge in [0.1, 0.15) is 18.1 Å². The van der Waals surface area contributed by atoms with Crippen LogP contribution in [0, 0.1) is 5.92 Å². The quantitative estimate of drug-likeness (QED) is 0.651. The van der Waals surface area contributed by atoms with Gasteiger partial charge in [0.05, 0.1) is 26.7 Å². The Kier molecular flexibility index (Phi) is 7.94. The van der Waals surface area contributed by atoms with E-state index in [4.69, 9.17) is 14.2 Å². The summed E-state index contributed by atoms with van der Waals surface area (Å²) >= 11 is 0. The maximum absolute atomic E-state index is 12.0. The molecule has 0 saturated heterocycles. The molecule has 0 radical (unpaired) electrons. The lowest BCUT2D eigenvalue weighted by atomic mass is 10.1. The molecule has 0 fully saturated rings. The van der Waals surface area contributed by atoms with Gasteiger partial charge in [0.15, 0.2) is 0 Å². The van der Waals surface area contributed by atoms with Gasteiger partial charge in [-0.15, -0.1) is 0 Å². The third-order valence-electron chi connectivity index (χ3n) is 3.44. The molecule has 0 aliphatic carbocycles. The molecule has 0 N–H and O–H groups in total. The topological polar surface area (TPSA) is 65.1 Å². The third kappa shape index (κ3) is 6.18. The van der Waals surface area contributed by atoms with E-state index in [1.54, 1.807) is 25.9 Å². The predicted octanol–water partition coefficient (Wildman–Crippen LogP) is 2.12. The molecule has 6 heteroatoms. The Hall–Kier alpha value is -2.24. The van der Waals surface area contributed by atoms with E-state index in [2.05, 4.69) is 0 Å². The van der Waals surface area contributed by atoms with Gasteiger partial charge >= 0.3 is 5.97 Å².